The Morgan fingerprint density at radius 3 is 2.71 bits per heavy atom. The molecule has 0 aliphatic rings. The van der Waals surface area contributed by atoms with E-state index in [0.29, 0.717) is 5.56 Å². The maximum atomic E-state index is 11.4. The topological polar surface area (TPSA) is 43.4 Å². The monoisotopic (exact) mass is 256 g/mol. The first-order valence-electron chi connectivity index (χ1n) is 3.99. The van der Waals surface area contributed by atoms with E-state index in [1.165, 1.54) is 7.11 Å². The molecule has 0 bridgehead atoms. The summed E-state index contributed by atoms with van der Waals surface area (Å²) >= 11 is 3.25. The molecular weight excluding hydrogens is 248 g/mol. The quantitative estimate of drug-likeness (QED) is 0.473. The van der Waals surface area contributed by atoms with Crippen molar-refractivity contribution < 1.29 is 14.3 Å². The van der Waals surface area contributed by atoms with Gasteiger partial charge in [0.2, 0.25) is 0 Å². The van der Waals surface area contributed by atoms with Gasteiger partial charge in [-0.15, -0.1) is 0 Å². The Morgan fingerprint density at radius 1 is 1.43 bits per heavy atom. The van der Waals surface area contributed by atoms with Gasteiger partial charge in [-0.3, -0.25) is 9.59 Å². The zero-order valence-corrected chi connectivity index (χ0v) is 9.21. The van der Waals surface area contributed by atoms with Crippen LogP contribution < -0.4 is 0 Å². The van der Waals surface area contributed by atoms with Gasteiger partial charge in [-0.2, -0.15) is 0 Å². The van der Waals surface area contributed by atoms with Crippen LogP contribution in [0.4, 0.5) is 0 Å². The predicted octanol–water partition coefficient (Wildman–Crippen LogP) is 2.19. The molecule has 0 aliphatic carbocycles. The third kappa shape index (κ3) is 2.96. The first kappa shape index (κ1) is 10.9. The SMILES string of the molecule is COC(=O)CC(=O)c1cccc(Br)c1. The van der Waals surface area contributed by atoms with Gasteiger partial charge in [0.05, 0.1) is 7.11 Å². The van der Waals surface area contributed by atoms with E-state index in [1.54, 1.807) is 18.2 Å². The molecule has 1 aromatic rings. The van der Waals surface area contributed by atoms with Gasteiger partial charge >= 0.3 is 5.97 Å². The van der Waals surface area contributed by atoms with Crippen LogP contribution in [0.2, 0.25) is 0 Å². The average Bonchev–Trinajstić information content (AvgIpc) is 2.17. The summed E-state index contributed by atoms with van der Waals surface area (Å²) in [6.07, 6.45) is -0.215. The maximum absolute atomic E-state index is 11.4. The number of Topliss-reactive ketones (excluding diaryl/α,β-unsaturated/α-hetero) is 1. The summed E-state index contributed by atoms with van der Waals surface area (Å²) in [5, 5.41) is 0. The lowest BCUT2D eigenvalue weighted by Crippen LogP contribution is -2.09. The van der Waals surface area contributed by atoms with E-state index < -0.39 is 5.97 Å². The lowest BCUT2D eigenvalue weighted by molar-refractivity contribution is -0.139. The lowest BCUT2D eigenvalue weighted by atomic mass is 10.1. The van der Waals surface area contributed by atoms with Crippen LogP contribution >= 0.6 is 15.9 Å². The minimum Gasteiger partial charge on any atom is -0.469 e. The van der Waals surface area contributed by atoms with Gasteiger partial charge in [-0.05, 0) is 12.1 Å². The molecule has 0 N–H and O–H groups in total. The molecule has 14 heavy (non-hydrogen) atoms. The normalized spacial score (nSPS) is 9.57. The fourth-order valence-electron chi connectivity index (χ4n) is 0.967. The van der Waals surface area contributed by atoms with Crippen LogP contribution in [0.5, 0.6) is 0 Å². The Kier molecular flexibility index (Phi) is 3.83. The highest BCUT2D eigenvalue weighted by molar-refractivity contribution is 9.10. The number of ketones is 1. The van der Waals surface area contributed by atoms with E-state index in [9.17, 15) is 9.59 Å². The molecule has 4 heteroatoms. The Hall–Kier alpha value is -1.16. The average molecular weight is 257 g/mol. The standard InChI is InChI=1S/C10H9BrO3/c1-14-10(13)6-9(12)7-3-2-4-8(11)5-7/h2-5H,6H2,1H3. The van der Waals surface area contributed by atoms with Gasteiger partial charge in [0.1, 0.15) is 6.42 Å². The first-order valence-corrected chi connectivity index (χ1v) is 4.78. The zero-order chi connectivity index (χ0) is 10.6. The molecule has 74 valence electrons. The number of methoxy groups -OCH3 is 1. The summed E-state index contributed by atoms with van der Waals surface area (Å²) in [7, 11) is 1.26. The lowest BCUT2D eigenvalue weighted by Gasteiger charge is -2.00. The molecule has 3 nitrogen and oxygen atoms in total. The van der Waals surface area contributed by atoms with Gasteiger partial charge in [0.25, 0.3) is 0 Å². The van der Waals surface area contributed by atoms with Crippen LogP contribution in [0.3, 0.4) is 0 Å². The van der Waals surface area contributed by atoms with Crippen LogP contribution in [0, 0.1) is 0 Å². The van der Waals surface area contributed by atoms with Crippen molar-refractivity contribution in [2.45, 2.75) is 6.42 Å². The van der Waals surface area contributed by atoms with E-state index in [-0.39, 0.29) is 12.2 Å². The maximum Gasteiger partial charge on any atom is 0.313 e. The smallest absolute Gasteiger partial charge is 0.313 e. The summed E-state index contributed by atoms with van der Waals surface area (Å²) in [6.45, 7) is 0. The summed E-state index contributed by atoms with van der Waals surface area (Å²) in [5.41, 5.74) is 0.504. The summed E-state index contributed by atoms with van der Waals surface area (Å²) in [4.78, 5) is 22.3. The molecule has 0 amide bonds. The van der Waals surface area contributed by atoms with Gasteiger partial charge in [0, 0.05) is 10.0 Å². The zero-order valence-electron chi connectivity index (χ0n) is 7.62. The highest BCUT2D eigenvalue weighted by Gasteiger charge is 2.11. The van der Waals surface area contributed by atoms with Crippen LogP contribution in [0.1, 0.15) is 16.8 Å². The molecule has 0 saturated heterocycles. The highest BCUT2D eigenvalue weighted by Crippen LogP contribution is 2.13. The second kappa shape index (κ2) is 4.91. The molecule has 0 unspecified atom stereocenters. The van der Waals surface area contributed by atoms with Crippen molar-refractivity contribution in [1.29, 1.82) is 0 Å². The molecular formula is C10H9BrO3. The number of halogens is 1. The molecule has 1 aromatic carbocycles. The van der Waals surface area contributed by atoms with Gasteiger partial charge in [-0.25, -0.2) is 0 Å². The number of benzene rings is 1. The van der Waals surface area contributed by atoms with E-state index >= 15 is 0 Å². The van der Waals surface area contributed by atoms with Crippen LogP contribution in [-0.4, -0.2) is 18.9 Å². The highest BCUT2D eigenvalue weighted by atomic mass is 79.9. The summed E-state index contributed by atoms with van der Waals surface area (Å²) in [5.74, 6) is -0.756. The number of rotatable bonds is 3. The summed E-state index contributed by atoms with van der Waals surface area (Å²) < 4.78 is 5.21. The molecule has 0 radical (unpaired) electrons. The third-order valence-corrected chi connectivity index (χ3v) is 2.17. The van der Waals surface area contributed by atoms with Crippen molar-refractivity contribution in [3.8, 4) is 0 Å². The van der Waals surface area contributed by atoms with Crippen molar-refractivity contribution in [1.82, 2.24) is 0 Å². The van der Waals surface area contributed by atoms with E-state index in [0.717, 1.165) is 4.47 Å². The number of carbonyl (C=O) groups is 2. The van der Waals surface area contributed by atoms with Crippen LogP contribution in [-0.2, 0) is 9.53 Å². The Bertz CT molecular complexity index is 360. The number of esters is 1. The number of ether oxygens (including phenoxy) is 1. The molecule has 0 aliphatic heterocycles. The van der Waals surface area contributed by atoms with Crippen molar-refractivity contribution in [2.24, 2.45) is 0 Å². The van der Waals surface area contributed by atoms with E-state index in [1.807, 2.05) is 6.07 Å². The van der Waals surface area contributed by atoms with Gasteiger partial charge < -0.3 is 4.74 Å². The number of hydrogen-bond acceptors (Lipinski definition) is 3. The minimum absolute atomic E-state index is 0.215. The molecule has 0 saturated carbocycles. The van der Waals surface area contributed by atoms with Crippen LogP contribution in [0.25, 0.3) is 0 Å². The molecule has 0 heterocycles. The van der Waals surface area contributed by atoms with Crippen LogP contribution in [0.15, 0.2) is 28.7 Å². The second-order valence-electron chi connectivity index (χ2n) is 2.69. The minimum atomic E-state index is -0.519. The van der Waals surface area contributed by atoms with E-state index in [2.05, 4.69) is 20.7 Å². The largest absolute Gasteiger partial charge is 0.469 e. The molecule has 0 aromatic heterocycles. The predicted molar refractivity (Wildman–Crippen MR) is 55.1 cm³/mol. The first-order chi connectivity index (χ1) is 6.63. The van der Waals surface area contributed by atoms with Gasteiger partial charge in [0.15, 0.2) is 5.78 Å². The molecule has 0 fully saturated rings. The van der Waals surface area contributed by atoms with Gasteiger partial charge in [-0.1, -0.05) is 28.1 Å². The fraction of sp³-hybridized carbons (Fsp3) is 0.200. The molecule has 0 spiro atoms. The summed E-state index contributed by atoms with van der Waals surface area (Å²) in [6, 6.07) is 6.89. The second-order valence-corrected chi connectivity index (χ2v) is 3.60. The Balaban J connectivity index is 2.75. The Labute approximate surface area is 90.2 Å². The number of hydrogen-bond donors (Lipinski definition) is 0. The van der Waals surface area contributed by atoms with Crippen molar-refractivity contribution in [3.05, 3.63) is 34.3 Å². The third-order valence-electron chi connectivity index (χ3n) is 1.68. The van der Waals surface area contributed by atoms with E-state index in [4.69, 9.17) is 0 Å². The molecule has 0 atom stereocenters. The van der Waals surface area contributed by atoms with Crippen molar-refractivity contribution in [3.63, 3.8) is 0 Å². The van der Waals surface area contributed by atoms with Crippen molar-refractivity contribution >= 4 is 27.7 Å². The molecule has 1 rings (SSSR count). The Morgan fingerprint density at radius 2 is 2.14 bits per heavy atom. The number of carbonyl (C=O) groups excluding carboxylic acids is 2. The fourth-order valence-corrected chi connectivity index (χ4v) is 1.37. The van der Waals surface area contributed by atoms with Crippen molar-refractivity contribution in [2.75, 3.05) is 7.11 Å².